The predicted molar refractivity (Wildman–Crippen MR) is 95.7 cm³/mol. The summed E-state index contributed by atoms with van der Waals surface area (Å²) in [5.74, 6) is 0. The third kappa shape index (κ3) is 7.41. The average Bonchev–Trinajstić information content (AvgIpc) is 2.15. The Kier molecular flexibility index (Phi) is 6.39. The standard InChI is InChI=1S/C18H36N2O4/c1-15(2,3)19(13(21)23-17(7,8)9)20(16(4,5)6)14(22)24-18(10,11)12/h1-12H3. The van der Waals surface area contributed by atoms with Crippen LogP contribution in [0.25, 0.3) is 0 Å². The molecular formula is C18H36N2O4. The first-order valence-corrected chi connectivity index (χ1v) is 8.32. The summed E-state index contributed by atoms with van der Waals surface area (Å²) < 4.78 is 11.0. The summed E-state index contributed by atoms with van der Waals surface area (Å²) in [5, 5.41) is 2.68. The molecule has 0 aliphatic rings. The van der Waals surface area contributed by atoms with Crippen LogP contribution in [0.2, 0.25) is 0 Å². The Bertz CT molecular complexity index is 415. The first kappa shape index (κ1) is 22.5. The molecule has 0 aromatic rings. The van der Waals surface area contributed by atoms with Crippen molar-refractivity contribution in [1.29, 1.82) is 0 Å². The molecule has 0 fully saturated rings. The summed E-state index contributed by atoms with van der Waals surface area (Å²) >= 11 is 0. The number of carbonyl (C=O) groups is 2. The summed E-state index contributed by atoms with van der Waals surface area (Å²) in [7, 11) is 0. The second kappa shape index (κ2) is 6.81. The van der Waals surface area contributed by atoms with Crippen LogP contribution in [0, 0.1) is 0 Å². The van der Waals surface area contributed by atoms with Crippen LogP contribution in [-0.2, 0) is 9.47 Å². The van der Waals surface area contributed by atoms with E-state index in [0.29, 0.717) is 0 Å². The van der Waals surface area contributed by atoms with E-state index in [1.165, 1.54) is 10.0 Å². The van der Waals surface area contributed by atoms with Crippen molar-refractivity contribution in [2.75, 3.05) is 0 Å². The number of nitrogens with zero attached hydrogens (tertiary/aromatic N) is 2. The second-order valence-corrected chi connectivity index (χ2v) is 9.93. The Hall–Kier alpha value is -1.46. The fourth-order valence-electron chi connectivity index (χ4n) is 1.92. The van der Waals surface area contributed by atoms with E-state index in [1.807, 2.05) is 41.5 Å². The zero-order valence-corrected chi connectivity index (χ0v) is 17.5. The highest BCUT2D eigenvalue weighted by atomic mass is 16.6. The van der Waals surface area contributed by atoms with Crippen LogP contribution in [0.15, 0.2) is 0 Å². The molecule has 0 aliphatic heterocycles. The normalized spacial score (nSPS) is 13.3. The summed E-state index contributed by atoms with van der Waals surface area (Å²) in [4.78, 5) is 25.6. The molecule has 0 aromatic heterocycles. The Morgan fingerprint density at radius 1 is 0.542 bits per heavy atom. The van der Waals surface area contributed by atoms with Crippen LogP contribution in [-0.4, -0.2) is 44.5 Å². The van der Waals surface area contributed by atoms with Crippen molar-refractivity contribution in [2.45, 2.75) is 105 Å². The van der Waals surface area contributed by atoms with Crippen LogP contribution in [0.3, 0.4) is 0 Å². The molecule has 0 rings (SSSR count). The van der Waals surface area contributed by atoms with Gasteiger partial charge in [-0.05, 0) is 83.1 Å². The number of hydrogen-bond donors (Lipinski definition) is 0. The molecule has 6 heteroatoms. The summed E-state index contributed by atoms with van der Waals surface area (Å²) in [6.45, 7) is 21.8. The second-order valence-electron chi connectivity index (χ2n) is 9.93. The van der Waals surface area contributed by atoms with Crippen LogP contribution < -0.4 is 0 Å². The van der Waals surface area contributed by atoms with Crippen LogP contribution >= 0.6 is 0 Å². The monoisotopic (exact) mass is 344 g/mol. The number of hydrazine groups is 1. The lowest BCUT2D eigenvalue weighted by Crippen LogP contribution is -2.65. The zero-order valence-electron chi connectivity index (χ0n) is 17.5. The highest BCUT2D eigenvalue weighted by Crippen LogP contribution is 2.28. The maximum Gasteiger partial charge on any atom is 0.430 e. The Balaban J connectivity index is 5.96. The maximum atomic E-state index is 12.8. The third-order valence-electron chi connectivity index (χ3n) is 2.60. The molecule has 0 radical (unpaired) electrons. The molecule has 0 heterocycles. The van der Waals surface area contributed by atoms with E-state index in [4.69, 9.17) is 9.47 Å². The largest absolute Gasteiger partial charge is 0.442 e. The average molecular weight is 344 g/mol. The predicted octanol–water partition coefficient (Wildman–Crippen LogP) is 4.97. The van der Waals surface area contributed by atoms with Crippen LogP contribution in [0.5, 0.6) is 0 Å². The van der Waals surface area contributed by atoms with E-state index in [2.05, 4.69) is 0 Å². The minimum atomic E-state index is -0.674. The van der Waals surface area contributed by atoms with Gasteiger partial charge in [-0.2, -0.15) is 0 Å². The van der Waals surface area contributed by atoms with E-state index in [0.717, 1.165) is 0 Å². The molecule has 0 aromatic carbocycles. The number of amides is 2. The lowest BCUT2D eigenvalue weighted by atomic mass is 10.1. The van der Waals surface area contributed by atoms with Gasteiger partial charge in [-0.15, -0.1) is 0 Å². The molecule has 2 amide bonds. The maximum absolute atomic E-state index is 12.8. The van der Waals surface area contributed by atoms with Crippen LogP contribution in [0.1, 0.15) is 83.1 Å². The molecule has 0 bridgehead atoms. The van der Waals surface area contributed by atoms with Gasteiger partial charge in [0.05, 0.1) is 11.1 Å². The Labute approximate surface area is 147 Å². The Morgan fingerprint density at radius 2 is 0.750 bits per heavy atom. The molecule has 24 heavy (non-hydrogen) atoms. The van der Waals surface area contributed by atoms with Crippen molar-refractivity contribution in [3.63, 3.8) is 0 Å². The van der Waals surface area contributed by atoms with Gasteiger partial charge in [0.1, 0.15) is 11.2 Å². The van der Waals surface area contributed by atoms with Crippen molar-refractivity contribution < 1.29 is 19.1 Å². The fraction of sp³-hybridized carbons (Fsp3) is 0.889. The van der Waals surface area contributed by atoms with Gasteiger partial charge in [-0.3, -0.25) is 0 Å². The summed E-state index contributed by atoms with van der Waals surface area (Å²) in [6, 6.07) is 0. The molecule has 0 saturated heterocycles. The van der Waals surface area contributed by atoms with Gasteiger partial charge in [0, 0.05) is 0 Å². The number of rotatable bonds is 0. The van der Waals surface area contributed by atoms with Gasteiger partial charge >= 0.3 is 12.2 Å². The lowest BCUT2D eigenvalue weighted by molar-refractivity contribution is -0.128. The molecule has 0 atom stereocenters. The van der Waals surface area contributed by atoms with Gasteiger partial charge in [0.2, 0.25) is 0 Å². The highest BCUT2D eigenvalue weighted by molar-refractivity contribution is 5.76. The highest BCUT2D eigenvalue weighted by Gasteiger charge is 2.44. The molecule has 0 aliphatic carbocycles. The van der Waals surface area contributed by atoms with E-state index < -0.39 is 34.5 Å². The van der Waals surface area contributed by atoms with Gasteiger partial charge in [-0.1, -0.05) is 0 Å². The fourth-order valence-corrected chi connectivity index (χ4v) is 1.92. The molecule has 6 nitrogen and oxygen atoms in total. The van der Waals surface area contributed by atoms with Crippen molar-refractivity contribution >= 4 is 12.2 Å². The molecule has 0 saturated carbocycles. The summed E-state index contributed by atoms with van der Waals surface area (Å²) in [5.41, 5.74) is -2.69. The Morgan fingerprint density at radius 3 is 0.875 bits per heavy atom. The number of ether oxygens (including phenoxy) is 2. The third-order valence-corrected chi connectivity index (χ3v) is 2.60. The molecule has 142 valence electrons. The van der Waals surface area contributed by atoms with Gasteiger partial charge < -0.3 is 9.47 Å². The number of hydrogen-bond acceptors (Lipinski definition) is 4. The lowest BCUT2D eigenvalue weighted by Gasteiger charge is -2.48. The quantitative estimate of drug-likeness (QED) is 0.582. The van der Waals surface area contributed by atoms with Gasteiger partial charge in [0.25, 0.3) is 0 Å². The minimum Gasteiger partial charge on any atom is -0.442 e. The van der Waals surface area contributed by atoms with Crippen molar-refractivity contribution in [2.24, 2.45) is 0 Å². The van der Waals surface area contributed by atoms with E-state index >= 15 is 0 Å². The first-order valence-electron chi connectivity index (χ1n) is 8.32. The van der Waals surface area contributed by atoms with E-state index in [9.17, 15) is 9.59 Å². The van der Waals surface area contributed by atoms with E-state index in [-0.39, 0.29) is 0 Å². The zero-order chi connectivity index (χ0) is 19.7. The SMILES string of the molecule is CC(C)(C)OC(=O)N(N(C(=O)OC(C)(C)C)C(C)(C)C)C(C)(C)C. The van der Waals surface area contributed by atoms with E-state index in [1.54, 1.807) is 41.5 Å². The van der Waals surface area contributed by atoms with Crippen LogP contribution in [0.4, 0.5) is 9.59 Å². The molecule has 0 unspecified atom stereocenters. The minimum absolute atomic E-state index is 0.587. The topological polar surface area (TPSA) is 59.1 Å². The van der Waals surface area contributed by atoms with Crippen molar-refractivity contribution in [1.82, 2.24) is 10.0 Å². The number of carbonyl (C=O) groups excluding carboxylic acids is 2. The molecular weight excluding hydrogens is 308 g/mol. The molecule has 0 spiro atoms. The van der Waals surface area contributed by atoms with Crippen molar-refractivity contribution in [3.8, 4) is 0 Å². The van der Waals surface area contributed by atoms with Gasteiger partial charge in [-0.25, -0.2) is 19.6 Å². The van der Waals surface area contributed by atoms with Crippen molar-refractivity contribution in [3.05, 3.63) is 0 Å². The summed E-state index contributed by atoms with van der Waals surface area (Å²) in [6.07, 6.45) is -1.17. The van der Waals surface area contributed by atoms with Gasteiger partial charge in [0.15, 0.2) is 0 Å². The smallest absolute Gasteiger partial charge is 0.430 e. The molecule has 0 N–H and O–H groups in total. The first-order chi connectivity index (χ1) is 10.3.